The van der Waals surface area contributed by atoms with Gasteiger partial charge in [-0.3, -0.25) is 0 Å². The lowest BCUT2D eigenvalue weighted by Gasteiger charge is -2.20. The van der Waals surface area contributed by atoms with Gasteiger partial charge in [0.15, 0.2) is 0 Å². The van der Waals surface area contributed by atoms with Crippen molar-refractivity contribution in [2.75, 3.05) is 31.5 Å². The molecule has 1 aromatic carbocycles. The second-order valence-corrected chi connectivity index (χ2v) is 5.85. The standard InChI is InChI=1S/C16H26N4O/c1-13(12-20-7-2-3-8-20)11-18-16(21)19-15-6-4-5-14(9-15)10-17/h4-6,9,13H,2-3,7-8,10-12,17H2,1H3,(H2,18,19,21). The highest BCUT2D eigenvalue weighted by Gasteiger charge is 2.15. The lowest BCUT2D eigenvalue weighted by molar-refractivity contribution is 0.245. The summed E-state index contributed by atoms with van der Waals surface area (Å²) in [5.41, 5.74) is 7.38. The molecule has 5 nitrogen and oxygen atoms in total. The lowest BCUT2D eigenvalue weighted by Crippen LogP contribution is -2.36. The van der Waals surface area contributed by atoms with Crippen molar-refractivity contribution in [1.82, 2.24) is 10.2 Å². The van der Waals surface area contributed by atoms with Crippen molar-refractivity contribution in [3.05, 3.63) is 29.8 Å². The van der Waals surface area contributed by atoms with Gasteiger partial charge in [0.05, 0.1) is 0 Å². The van der Waals surface area contributed by atoms with Gasteiger partial charge in [-0.05, 0) is 49.5 Å². The van der Waals surface area contributed by atoms with Gasteiger partial charge in [0, 0.05) is 25.3 Å². The Morgan fingerprint density at radius 3 is 2.86 bits per heavy atom. The number of hydrogen-bond donors (Lipinski definition) is 3. The van der Waals surface area contributed by atoms with E-state index in [4.69, 9.17) is 5.73 Å². The van der Waals surface area contributed by atoms with E-state index in [0.717, 1.165) is 17.8 Å². The fraction of sp³-hybridized carbons (Fsp3) is 0.562. The van der Waals surface area contributed by atoms with Crippen molar-refractivity contribution in [1.29, 1.82) is 0 Å². The maximum Gasteiger partial charge on any atom is 0.319 e. The summed E-state index contributed by atoms with van der Waals surface area (Å²) in [6, 6.07) is 7.45. The van der Waals surface area contributed by atoms with Crippen LogP contribution in [0.3, 0.4) is 0 Å². The average Bonchev–Trinajstić information content (AvgIpc) is 2.98. The fourth-order valence-electron chi connectivity index (χ4n) is 2.69. The first-order valence-electron chi connectivity index (χ1n) is 7.73. The SMILES string of the molecule is CC(CNC(=O)Nc1cccc(CN)c1)CN1CCCC1. The maximum absolute atomic E-state index is 11.9. The number of rotatable bonds is 6. The summed E-state index contributed by atoms with van der Waals surface area (Å²) in [7, 11) is 0. The smallest absolute Gasteiger partial charge is 0.319 e. The van der Waals surface area contributed by atoms with Crippen LogP contribution in [-0.2, 0) is 6.54 Å². The molecule has 0 bridgehead atoms. The van der Waals surface area contributed by atoms with E-state index in [1.807, 2.05) is 24.3 Å². The third kappa shape index (κ3) is 5.36. The van der Waals surface area contributed by atoms with Crippen LogP contribution in [0, 0.1) is 5.92 Å². The zero-order valence-electron chi connectivity index (χ0n) is 12.8. The molecule has 1 aliphatic heterocycles. The Morgan fingerprint density at radius 1 is 1.38 bits per heavy atom. The van der Waals surface area contributed by atoms with Crippen LogP contribution in [0.25, 0.3) is 0 Å². The van der Waals surface area contributed by atoms with Crippen molar-refractivity contribution in [2.45, 2.75) is 26.3 Å². The summed E-state index contributed by atoms with van der Waals surface area (Å²) in [5.74, 6) is 0.462. The van der Waals surface area contributed by atoms with E-state index in [1.165, 1.54) is 25.9 Å². The van der Waals surface area contributed by atoms with Crippen molar-refractivity contribution < 1.29 is 4.79 Å². The van der Waals surface area contributed by atoms with E-state index >= 15 is 0 Å². The number of nitrogens with zero attached hydrogens (tertiary/aromatic N) is 1. The summed E-state index contributed by atoms with van der Waals surface area (Å²) in [4.78, 5) is 14.4. The van der Waals surface area contributed by atoms with Crippen LogP contribution in [0.15, 0.2) is 24.3 Å². The molecule has 0 aromatic heterocycles. The molecule has 1 atom stereocenters. The topological polar surface area (TPSA) is 70.4 Å². The van der Waals surface area contributed by atoms with Gasteiger partial charge in [-0.1, -0.05) is 19.1 Å². The predicted octanol–water partition coefficient (Wildman–Crippen LogP) is 2.00. The molecular formula is C16H26N4O. The number of amides is 2. The number of nitrogens with one attached hydrogen (secondary N) is 2. The zero-order chi connectivity index (χ0) is 15.1. The van der Waals surface area contributed by atoms with Crippen LogP contribution in [0.2, 0.25) is 0 Å². The summed E-state index contributed by atoms with van der Waals surface area (Å²) < 4.78 is 0. The molecule has 0 radical (unpaired) electrons. The third-order valence-electron chi connectivity index (χ3n) is 3.80. The Labute approximate surface area is 126 Å². The first kappa shape index (κ1) is 15.8. The van der Waals surface area contributed by atoms with Gasteiger partial charge in [0.2, 0.25) is 0 Å². The maximum atomic E-state index is 11.9. The Balaban J connectivity index is 1.71. The molecule has 21 heavy (non-hydrogen) atoms. The van der Waals surface area contributed by atoms with E-state index in [1.54, 1.807) is 0 Å². The molecule has 1 heterocycles. The summed E-state index contributed by atoms with van der Waals surface area (Å²) >= 11 is 0. The Morgan fingerprint density at radius 2 is 2.14 bits per heavy atom. The van der Waals surface area contributed by atoms with E-state index in [-0.39, 0.29) is 6.03 Å². The molecule has 1 aliphatic rings. The zero-order valence-corrected chi connectivity index (χ0v) is 12.8. The van der Waals surface area contributed by atoms with Crippen molar-refractivity contribution in [3.63, 3.8) is 0 Å². The van der Waals surface area contributed by atoms with Gasteiger partial charge >= 0.3 is 6.03 Å². The van der Waals surface area contributed by atoms with Gasteiger partial charge in [0.1, 0.15) is 0 Å². The first-order chi connectivity index (χ1) is 10.2. The first-order valence-corrected chi connectivity index (χ1v) is 7.73. The predicted molar refractivity (Wildman–Crippen MR) is 86.2 cm³/mol. The number of likely N-dealkylation sites (tertiary alicyclic amines) is 1. The highest BCUT2D eigenvalue weighted by molar-refractivity contribution is 5.89. The van der Waals surface area contributed by atoms with Crippen molar-refractivity contribution in [2.24, 2.45) is 11.7 Å². The Kier molecular flexibility index (Phi) is 6.02. The quantitative estimate of drug-likeness (QED) is 0.750. The lowest BCUT2D eigenvalue weighted by atomic mass is 10.1. The summed E-state index contributed by atoms with van der Waals surface area (Å²) in [6.07, 6.45) is 2.61. The van der Waals surface area contributed by atoms with Crippen molar-refractivity contribution in [3.8, 4) is 0 Å². The van der Waals surface area contributed by atoms with Crippen LogP contribution < -0.4 is 16.4 Å². The molecule has 0 spiro atoms. The van der Waals surface area contributed by atoms with Crippen molar-refractivity contribution >= 4 is 11.7 Å². The van der Waals surface area contributed by atoms with Gasteiger partial charge < -0.3 is 21.3 Å². The second kappa shape index (κ2) is 8.00. The summed E-state index contributed by atoms with van der Waals surface area (Å²) in [5, 5.41) is 5.78. The number of carbonyl (C=O) groups is 1. The largest absolute Gasteiger partial charge is 0.338 e. The van der Waals surface area contributed by atoms with E-state index in [0.29, 0.717) is 19.0 Å². The third-order valence-corrected chi connectivity index (χ3v) is 3.80. The molecule has 4 N–H and O–H groups in total. The summed E-state index contributed by atoms with van der Waals surface area (Å²) in [6.45, 7) is 6.80. The number of urea groups is 1. The minimum absolute atomic E-state index is 0.155. The molecule has 1 saturated heterocycles. The molecule has 1 fully saturated rings. The highest BCUT2D eigenvalue weighted by Crippen LogP contribution is 2.11. The molecule has 1 unspecified atom stereocenters. The second-order valence-electron chi connectivity index (χ2n) is 5.85. The van der Waals surface area contributed by atoms with Crippen LogP contribution >= 0.6 is 0 Å². The number of nitrogens with two attached hydrogens (primary N) is 1. The molecule has 0 saturated carbocycles. The van der Waals surface area contributed by atoms with Gasteiger partial charge in [-0.2, -0.15) is 0 Å². The molecule has 0 aliphatic carbocycles. The monoisotopic (exact) mass is 290 g/mol. The Hall–Kier alpha value is -1.59. The number of hydrogen-bond acceptors (Lipinski definition) is 3. The molecule has 2 amide bonds. The van der Waals surface area contributed by atoms with Gasteiger partial charge in [-0.15, -0.1) is 0 Å². The number of anilines is 1. The van der Waals surface area contributed by atoms with Gasteiger partial charge in [0.25, 0.3) is 0 Å². The molecule has 2 rings (SSSR count). The van der Waals surface area contributed by atoms with Gasteiger partial charge in [-0.25, -0.2) is 4.79 Å². The van der Waals surface area contributed by atoms with E-state index < -0.39 is 0 Å². The minimum Gasteiger partial charge on any atom is -0.338 e. The normalized spacial score (nSPS) is 16.7. The van der Waals surface area contributed by atoms with Crippen LogP contribution in [-0.4, -0.2) is 37.1 Å². The number of carbonyl (C=O) groups excluding carboxylic acids is 1. The van der Waals surface area contributed by atoms with Crippen LogP contribution in [0.1, 0.15) is 25.3 Å². The minimum atomic E-state index is -0.155. The molecule has 1 aromatic rings. The van der Waals surface area contributed by atoms with E-state index in [2.05, 4.69) is 22.5 Å². The van der Waals surface area contributed by atoms with E-state index in [9.17, 15) is 4.79 Å². The Bertz CT molecular complexity index is 457. The molecule has 5 heteroatoms. The molecule has 116 valence electrons. The molecular weight excluding hydrogens is 264 g/mol. The van der Waals surface area contributed by atoms with Crippen LogP contribution in [0.5, 0.6) is 0 Å². The van der Waals surface area contributed by atoms with Crippen LogP contribution in [0.4, 0.5) is 10.5 Å². The number of benzene rings is 1. The highest BCUT2D eigenvalue weighted by atomic mass is 16.2. The fourth-order valence-corrected chi connectivity index (χ4v) is 2.69. The average molecular weight is 290 g/mol.